The molecule has 1 aromatic carbocycles. The normalized spacial score (nSPS) is 11.1. The highest BCUT2D eigenvalue weighted by Crippen LogP contribution is 2.38. The highest BCUT2D eigenvalue weighted by Gasteiger charge is 2.16. The number of halogens is 1. The highest BCUT2D eigenvalue weighted by atomic mass is 79.9. The lowest BCUT2D eigenvalue weighted by atomic mass is 10.0. The summed E-state index contributed by atoms with van der Waals surface area (Å²) in [7, 11) is 0. The van der Waals surface area contributed by atoms with Gasteiger partial charge in [0.05, 0.1) is 20.3 Å². The zero-order valence-electron chi connectivity index (χ0n) is 10.0. The van der Waals surface area contributed by atoms with Crippen LogP contribution in [0.3, 0.4) is 0 Å². The number of rotatable bonds is 1. The molecule has 0 fully saturated rings. The lowest BCUT2D eigenvalue weighted by molar-refractivity contribution is 0.483. The van der Waals surface area contributed by atoms with E-state index >= 15 is 0 Å². The Bertz CT molecular complexity index is 835. The quantitative estimate of drug-likeness (QED) is 0.705. The molecule has 0 bridgehead atoms. The number of hydrogen-bond donors (Lipinski definition) is 2. The molecule has 0 saturated carbocycles. The summed E-state index contributed by atoms with van der Waals surface area (Å²) >= 11 is 4.75. The van der Waals surface area contributed by atoms with Crippen LogP contribution in [0.25, 0.3) is 21.3 Å². The summed E-state index contributed by atoms with van der Waals surface area (Å²) in [5.41, 5.74) is 2.46. The summed E-state index contributed by atoms with van der Waals surface area (Å²) in [6.45, 7) is 1.95. The number of aromatic hydroxyl groups is 1. The second kappa shape index (κ2) is 4.51. The molecule has 0 unspecified atom stereocenters. The van der Waals surface area contributed by atoms with Crippen molar-refractivity contribution in [3.63, 3.8) is 0 Å². The molecule has 2 heterocycles. The van der Waals surface area contributed by atoms with E-state index in [2.05, 4.69) is 20.9 Å². The van der Waals surface area contributed by atoms with Crippen molar-refractivity contribution in [3.8, 4) is 16.9 Å². The van der Waals surface area contributed by atoms with E-state index in [1.807, 2.05) is 36.6 Å². The van der Waals surface area contributed by atoms with Gasteiger partial charge in [-0.2, -0.15) is 0 Å². The molecular weight excluding hydrogens is 326 g/mol. The zero-order chi connectivity index (χ0) is 13.6. The second-order valence-corrected chi connectivity index (χ2v) is 6.07. The summed E-state index contributed by atoms with van der Waals surface area (Å²) in [5.74, 6) is 0.0417. The number of pyridine rings is 1. The minimum atomic E-state index is -0.283. The number of aromatic nitrogens is 1. The first-order valence-corrected chi connectivity index (χ1v) is 7.34. The van der Waals surface area contributed by atoms with Crippen molar-refractivity contribution in [2.45, 2.75) is 6.92 Å². The van der Waals surface area contributed by atoms with Crippen molar-refractivity contribution >= 4 is 37.5 Å². The zero-order valence-corrected chi connectivity index (χ0v) is 12.4. The predicted octanol–water partition coefficient (Wildman–Crippen LogP) is 4.03. The molecule has 0 amide bonds. The van der Waals surface area contributed by atoms with Crippen molar-refractivity contribution in [1.29, 1.82) is 0 Å². The number of H-pyrrole nitrogens is 1. The minimum Gasteiger partial charge on any atom is -0.506 e. The van der Waals surface area contributed by atoms with E-state index in [0.29, 0.717) is 15.8 Å². The second-order valence-electron chi connectivity index (χ2n) is 4.33. The minimum absolute atomic E-state index is 0.0417. The Balaban J connectivity index is 2.39. The van der Waals surface area contributed by atoms with Crippen LogP contribution >= 0.6 is 27.3 Å². The highest BCUT2D eigenvalue weighted by molar-refractivity contribution is 9.10. The monoisotopic (exact) mass is 335 g/mol. The van der Waals surface area contributed by atoms with E-state index in [-0.39, 0.29) is 11.3 Å². The lowest BCUT2D eigenvalue weighted by Crippen LogP contribution is -2.08. The third-order valence-corrected chi connectivity index (χ3v) is 4.89. The fourth-order valence-electron chi connectivity index (χ4n) is 2.09. The molecule has 2 N–H and O–H groups in total. The number of thiophene rings is 1. The maximum Gasteiger partial charge on any atom is 0.260 e. The Morgan fingerprint density at radius 3 is 2.89 bits per heavy atom. The van der Waals surface area contributed by atoms with Gasteiger partial charge in [-0.05, 0) is 28.4 Å². The van der Waals surface area contributed by atoms with E-state index in [1.165, 1.54) is 11.3 Å². The maximum absolute atomic E-state index is 12.2. The average Bonchev–Trinajstić information content (AvgIpc) is 2.72. The number of aryl methyl sites for hydroxylation is 1. The molecule has 0 aliphatic rings. The van der Waals surface area contributed by atoms with Gasteiger partial charge in [-0.3, -0.25) is 4.79 Å². The van der Waals surface area contributed by atoms with E-state index < -0.39 is 0 Å². The largest absolute Gasteiger partial charge is 0.506 e. The molecule has 19 heavy (non-hydrogen) atoms. The van der Waals surface area contributed by atoms with Gasteiger partial charge in [-0.25, -0.2) is 0 Å². The van der Waals surface area contributed by atoms with Crippen molar-refractivity contribution in [1.82, 2.24) is 4.98 Å². The summed E-state index contributed by atoms with van der Waals surface area (Å²) in [6.07, 6.45) is 0. The van der Waals surface area contributed by atoms with Gasteiger partial charge in [0.1, 0.15) is 5.75 Å². The Morgan fingerprint density at radius 2 is 2.16 bits per heavy atom. The van der Waals surface area contributed by atoms with Crippen LogP contribution in [0.2, 0.25) is 0 Å². The average molecular weight is 336 g/mol. The Morgan fingerprint density at radius 1 is 1.37 bits per heavy atom. The standard InChI is InChI=1S/C14H10BrNO2S/c1-7-3-2-4-8(5-7)10-12(17)13-11(16-14(10)18)9(15)6-19-13/h2-6H,1H3,(H2,16,17,18). The topological polar surface area (TPSA) is 53.1 Å². The van der Waals surface area contributed by atoms with Crippen molar-refractivity contribution in [3.05, 3.63) is 50.0 Å². The SMILES string of the molecule is Cc1cccc(-c2c(O)c3scc(Br)c3[nH]c2=O)c1. The van der Waals surface area contributed by atoms with Crippen LogP contribution in [0.4, 0.5) is 0 Å². The van der Waals surface area contributed by atoms with Crippen LogP contribution in [0, 0.1) is 6.92 Å². The van der Waals surface area contributed by atoms with Gasteiger partial charge in [-0.15, -0.1) is 11.3 Å². The molecule has 0 aliphatic carbocycles. The smallest absolute Gasteiger partial charge is 0.260 e. The fraction of sp³-hybridized carbons (Fsp3) is 0.0714. The van der Waals surface area contributed by atoms with Crippen molar-refractivity contribution in [2.75, 3.05) is 0 Å². The summed E-state index contributed by atoms with van der Waals surface area (Å²) in [4.78, 5) is 15.0. The molecule has 0 radical (unpaired) electrons. The van der Waals surface area contributed by atoms with Crippen LogP contribution in [0.5, 0.6) is 5.75 Å². The molecule has 0 aliphatic heterocycles. The van der Waals surface area contributed by atoms with Crippen LogP contribution in [-0.2, 0) is 0 Å². The Labute approximate surface area is 121 Å². The van der Waals surface area contributed by atoms with Crippen LogP contribution in [0.1, 0.15) is 5.56 Å². The van der Waals surface area contributed by atoms with Gasteiger partial charge in [-0.1, -0.05) is 29.8 Å². The number of aromatic amines is 1. The summed E-state index contributed by atoms with van der Waals surface area (Å²) in [6, 6.07) is 7.54. The van der Waals surface area contributed by atoms with E-state index in [0.717, 1.165) is 15.6 Å². The summed E-state index contributed by atoms with van der Waals surface area (Å²) in [5, 5.41) is 12.2. The van der Waals surface area contributed by atoms with E-state index in [1.54, 1.807) is 0 Å². The van der Waals surface area contributed by atoms with Crippen LogP contribution in [0.15, 0.2) is 38.9 Å². The number of hydrogen-bond acceptors (Lipinski definition) is 3. The third-order valence-electron chi connectivity index (χ3n) is 2.97. The van der Waals surface area contributed by atoms with Gasteiger partial charge < -0.3 is 10.1 Å². The molecule has 0 saturated heterocycles. The van der Waals surface area contributed by atoms with Gasteiger partial charge in [0.25, 0.3) is 5.56 Å². The first kappa shape index (κ1) is 12.4. The predicted molar refractivity (Wildman–Crippen MR) is 82.0 cm³/mol. The maximum atomic E-state index is 12.2. The first-order chi connectivity index (χ1) is 9.08. The first-order valence-electron chi connectivity index (χ1n) is 5.67. The molecule has 5 heteroatoms. The van der Waals surface area contributed by atoms with Crippen molar-refractivity contribution < 1.29 is 5.11 Å². The van der Waals surface area contributed by atoms with Crippen molar-refractivity contribution in [2.24, 2.45) is 0 Å². The molecule has 2 aromatic heterocycles. The number of benzene rings is 1. The lowest BCUT2D eigenvalue weighted by Gasteiger charge is -2.06. The van der Waals surface area contributed by atoms with E-state index in [4.69, 9.17) is 0 Å². The molecule has 0 spiro atoms. The van der Waals surface area contributed by atoms with Gasteiger partial charge >= 0.3 is 0 Å². The Kier molecular flexibility index (Phi) is 2.95. The summed E-state index contributed by atoms with van der Waals surface area (Å²) < 4.78 is 1.47. The fourth-order valence-corrected chi connectivity index (χ4v) is 3.63. The number of fused-ring (bicyclic) bond motifs is 1. The van der Waals surface area contributed by atoms with Crippen LogP contribution < -0.4 is 5.56 Å². The third kappa shape index (κ3) is 1.99. The van der Waals surface area contributed by atoms with Gasteiger partial charge in [0.15, 0.2) is 0 Å². The molecule has 3 rings (SSSR count). The van der Waals surface area contributed by atoms with Crippen LogP contribution in [-0.4, -0.2) is 10.1 Å². The van der Waals surface area contributed by atoms with Gasteiger partial charge in [0.2, 0.25) is 0 Å². The molecule has 3 nitrogen and oxygen atoms in total. The Hall–Kier alpha value is -1.59. The number of nitrogens with one attached hydrogen (secondary N) is 1. The molecule has 0 atom stereocenters. The molecule has 3 aromatic rings. The molecular formula is C14H10BrNO2S. The van der Waals surface area contributed by atoms with Gasteiger partial charge in [0, 0.05) is 5.38 Å². The molecule has 96 valence electrons. The van der Waals surface area contributed by atoms with E-state index in [9.17, 15) is 9.90 Å².